The Morgan fingerprint density at radius 2 is 1.78 bits per heavy atom. The van der Waals surface area contributed by atoms with Crippen LogP contribution in [0.1, 0.15) is 36.7 Å². The minimum absolute atomic E-state index is 0.0205. The molecule has 1 nitrogen and oxygen atoms in total. The Balaban J connectivity index is 3.06. The Hall–Kier alpha value is -2.07. The molecule has 1 aromatic carbocycles. The molecule has 0 fully saturated rings. The maximum Gasteiger partial charge on any atom is 0.165 e. The van der Waals surface area contributed by atoms with E-state index in [2.05, 4.69) is 5.92 Å². The molecule has 0 aliphatic heterocycles. The average molecular weight is 238 g/mol. The Kier molecular flexibility index (Phi) is 5.14. The molecule has 1 aromatic rings. The van der Waals surface area contributed by atoms with Crippen molar-refractivity contribution in [3.8, 4) is 12.3 Å². The molecule has 0 heterocycles. The predicted molar refractivity (Wildman–Crippen MR) is 77.2 cm³/mol. The molecule has 92 valence electrons. The Morgan fingerprint density at radius 1 is 1.22 bits per heavy atom. The smallest absolute Gasteiger partial charge is 0.165 e. The zero-order valence-corrected chi connectivity index (χ0v) is 11.1. The van der Waals surface area contributed by atoms with Crippen LogP contribution in [0.25, 0.3) is 5.57 Å². The molecule has 0 aromatic heterocycles. The summed E-state index contributed by atoms with van der Waals surface area (Å²) in [6, 6.07) is 7.56. The monoisotopic (exact) mass is 238 g/mol. The van der Waals surface area contributed by atoms with Gasteiger partial charge in [0.1, 0.15) is 0 Å². The molecular weight excluding hydrogens is 220 g/mol. The molecule has 0 unspecified atom stereocenters. The van der Waals surface area contributed by atoms with Crippen LogP contribution in [0.3, 0.4) is 0 Å². The molecule has 0 saturated heterocycles. The first kappa shape index (κ1) is 14.0. The zero-order valence-electron chi connectivity index (χ0n) is 11.1. The Bertz CT molecular complexity index is 508. The van der Waals surface area contributed by atoms with Crippen molar-refractivity contribution in [2.45, 2.75) is 20.8 Å². The highest BCUT2D eigenvalue weighted by atomic mass is 16.1. The van der Waals surface area contributed by atoms with Crippen LogP contribution >= 0.6 is 0 Å². The first-order valence-corrected chi connectivity index (χ1v) is 6.03. The molecule has 1 rings (SSSR count). The zero-order chi connectivity index (χ0) is 13.5. The number of carbonyl (C=O) groups excluding carboxylic acids is 1. The summed E-state index contributed by atoms with van der Waals surface area (Å²) >= 11 is 0. The lowest BCUT2D eigenvalue weighted by Gasteiger charge is -2.06. The van der Waals surface area contributed by atoms with Crippen molar-refractivity contribution >= 4 is 11.4 Å². The van der Waals surface area contributed by atoms with Crippen molar-refractivity contribution in [1.29, 1.82) is 0 Å². The first-order valence-electron chi connectivity index (χ1n) is 6.03. The van der Waals surface area contributed by atoms with Gasteiger partial charge < -0.3 is 0 Å². The number of benzene rings is 1. The van der Waals surface area contributed by atoms with E-state index in [9.17, 15) is 4.79 Å². The molecule has 0 amide bonds. The SMILES string of the molecule is C#C/C=C(\C=C/C)c1ccc(C(=O)C(C)C)cc1. The van der Waals surface area contributed by atoms with Crippen molar-refractivity contribution in [3.63, 3.8) is 0 Å². The van der Waals surface area contributed by atoms with Crippen LogP contribution in [0.4, 0.5) is 0 Å². The normalized spacial score (nSPS) is 11.8. The van der Waals surface area contributed by atoms with Crippen molar-refractivity contribution in [3.05, 3.63) is 53.6 Å². The summed E-state index contributed by atoms with van der Waals surface area (Å²) in [5, 5.41) is 0. The van der Waals surface area contributed by atoms with Crippen LogP contribution < -0.4 is 0 Å². The second-order valence-corrected chi connectivity index (χ2v) is 4.36. The molecule has 18 heavy (non-hydrogen) atoms. The van der Waals surface area contributed by atoms with Gasteiger partial charge in [0.15, 0.2) is 5.78 Å². The summed E-state index contributed by atoms with van der Waals surface area (Å²) in [5.41, 5.74) is 2.74. The average Bonchev–Trinajstić information content (AvgIpc) is 2.38. The summed E-state index contributed by atoms with van der Waals surface area (Å²) < 4.78 is 0. The number of terminal acetylenes is 1. The van der Waals surface area contributed by atoms with Crippen molar-refractivity contribution in [1.82, 2.24) is 0 Å². The molecule has 0 radical (unpaired) electrons. The van der Waals surface area contributed by atoms with E-state index in [0.717, 1.165) is 16.7 Å². The van der Waals surface area contributed by atoms with Crippen molar-refractivity contribution in [2.75, 3.05) is 0 Å². The Morgan fingerprint density at radius 3 is 2.22 bits per heavy atom. The van der Waals surface area contributed by atoms with E-state index < -0.39 is 0 Å². The summed E-state index contributed by atoms with van der Waals surface area (Å²) in [4.78, 5) is 11.8. The van der Waals surface area contributed by atoms with E-state index in [1.165, 1.54) is 0 Å². The fourth-order valence-corrected chi connectivity index (χ4v) is 1.66. The van der Waals surface area contributed by atoms with Crippen LogP contribution in [-0.2, 0) is 0 Å². The maximum atomic E-state index is 11.8. The van der Waals surface area contributed by atoms with Gasteiger partial charge in [0, 0.05) is 11.5 Å². The maximum absolute atomic E-state index is 11.8. The van der Waals surface area contributed by atoms with Gasteiger partial charge in [-0.3, -0.25) is 4.79 Å². The quantitative estimate of drug-likeness (QED) is 0.438. The van der Waals surface area contributed by atoms with Gasteiger partial charge in [0.05, 0.1) is 0 Å². The largest absolute Gasteiger partial charge is 0.294 e. The first-order chi connectivity index (χ1) is 8.60. The van der Waals surface area contributed by atoms with Gasteiger partial charge in [-0.2, -0.15) is 0 Å². The number of rotatable bonds is 4. The van der Waals surface area contributed by atoms with Crippen LogP contribution in [0.15, 0.2) is 42.5 Å². The van der Waals surface area contributed by atoms with Crippen LogP contribution in [0, 0.1) is 18.3 Å². The minimum Gasteiger partial charge on any atom is -0.294 e. The van der Waals surface area contributed by atoms with E-state index in [-0.39, 0.29) is 11.7 Å². The van der Waals surface area contributed by atoms with E-state index >= 15 is 0 Å². The molecule has 0 atom stereocenters. The number of ketones is 1. The topological polar surface area (TPSA) is 17.1 Å². The lowest BCUT2D eigenvalue weighted by molar-refractivity contribution is 0.0939. The van der Waals surface area contributed by atoms with E-state index in [1.54, 1.807) is 6.08 Å². The van der Waals surface area contributed by atoms with Crippen molar-refractivity contribution < 1.29 is 4.79 Å². The minimum atomic E-state index is 0.0205. The van der Waals surface area contributed by atoms with Crippen LogP contribution in [0.5, 0.6) is 0 Å². The lowest BCUT2D eigenvalue weighted by Crippen LogP contribution is -2.07. The third-order valence-electron chi connectivity index (χ3n) is 2.61. The predicted octanol–water partition coefficient (Wildman–Crippen LogP) is 4.12. The second-order valence-electron chi connectivity index (χ2n) is 4.36. The molecule has 0 N–H and O–H groups in total. The molecule has 0 bridgehead atoms. The molecule has 0 spiro atoms. The van der Waals surface area contributed by atoms with Crippen LogP contribution in [-0.4, -0.2) is 5.78 Å². The lowest BCUT2D eigenvalue weighted by atomic mass is 9.97. The number of hydrogen-bond acceptors (Lipinski definition) is 1. The Labute approximate surface area is 109 Å². The van der Waals surface area contributed by atoms with Crippen LogP contribution in [0.2, 0.25) is 0 Å². The fraction of sp³-hybridized carbons (Fsp3) is 0.235. The fourth-order valence-electron chi connectivity index (χ4n) is 1.66. The van der Waals surface area contributed by atoms with Gasteiger partial charge in [0.25, 0.3) is 0 Å². The summed E-state index contributed by atoms with van der Waals surface area (Å²) in [6.07, 6.45) is 10.9. The van der Waals surface area contributed by atoms with Gasteiger partial charge in [-0.25, -0.2) is 0 Å². The number of allylic oxidation sites excluding steroid dienone is 4. The molecule has 0 saturated carbocycles. The third kappa shape index (κ3) is 3.46. The highest BCUT2D eigenvalue weighted by molar-refractivity contribution is 5.97. The summed E-state index contributed by atoms with van der Waals surface area (Å²) in [6.45, 7) is 5.75. The second kappa shape index (κ2) is 6.61. The van der Waals surface area contributed by atoms with Gasteiger partial charge in [-0.15, -0.1) is 6.42 Å². The number of hydrogen-bond donors (Lipinski definition) is 0. The highest BCUT2D eigenvalue weighted by Crippen LogP contribution is 2.18. The summed E-state index contributed by atoms with van der Waals surface area (Å²) in [5.74, 6) is 2.71. The molecule has 0 aliphatic rings. The molecule has 0 aliphatic carbocycles. The van der Waals surface area contributed by atoms with Gasteiger partial charge in [-0.1, -0.05) is 56.2 Å². The number of carbonyl (C=O) groups is 1. The standard InChI is InChI=1S/C17H18O/c1-5-7-14(8-6-2)15-9-11-16(12-10-15)17(18)13(3)4/h1,6-13H,2-4H3/b8-6-,14-7+. The third-order valence-corrected chi connectivity index (χ3v) is 2.61. The van der Waals surface area contributed by atoms with Gasteiger partial charge >= 0.3 is 0 Å². The summed E-state index contributed by atoms with van der Waals surface area (Å²) in [7, 11) is 0. The molecule has 1 heteroatoms. The van der Waals surface area contributed by atoms with Gasteiger partial charge in [0.2, 0.25) is 0 Å². The molecular formula is C17H18O. The number of Topliss-reactive ketones (excluding diaryl/α,β-unsaturated/α-hetero) is 1. The van der Waals surface area contributed by atoms with Gasteiger partial charge in [-0.05, 0) is 24.1 Å². The van der Waals surface area contributed by atoms with E-state index in [4.69, 9.17) is 6.42 Å². The van der Waals surface area contributed by atoms with Crippen molar-refractivity contribution in [2.24, 2.45) is 5.92 Å². The van der Waals surface area contributed by atoms with E-state index in [1.807, 2.05) is 57.2 Å². The highest BCUT2D eigenvalue weighted by Gasteiger charge is 2.09. The van der Waals surface area contributed by atoms with E-state index in [0.29, 0.717) is 0 Å².